The molecule has 1 aromatic rings. The van der Waals surface area contributed by atoms with Gasteiger partial charge in [-0.3, -0.25) is 9.59 Å². The molecule has 0 saturated carbocycles. The Hall–Kier alpha value is -2.14. The maximum atomic E-state index is 11.4. The SMILES string of the molecule is C=CC(=O)N1CCC(CC(O)CCCCC(=O)O)CC1.CCc1ccccc1. The first-order valence-corrected chi connectivity index (χ1v) is 10.3. The van der Waals surface area contributed by atoms with E-state index in [1.807, 2.05) is 6.07 Å². The highest BCUT2D eigenvalue weighted by Gasteiger charge is 2.23. The van der Waals surface area contributed by atoms with Crippen molar-refractivity contribution in [2.75, 3.05) is 13.1 Å². The molecule has 1 atom stereocenters. The monoisotopic (exact) mass is 389 g/mol. The first-order chi connectivity index (χ1) is 13.5. The number of benzene rings is 1. The molecule has 0 bridgehead atoms. The minimum Gasteiger partial charge on any atom is -0.481 e. The number of hydrogen-bond donors (Lipinski definition) is 2. The molecule has 156 valence electrons. The highest BCUT2D eigenvalue weighted by Crippen LogP contribution is 2.23. The van der Waals surface area contributed by atoms with Crippen LogP contribution in [0.3, 0.4) is 0 Å². The van der Waals surface area contributed by atoms with Crippen LogP contribution in [0.15, 0.2) is 43.0 Å². The number of aliphatic hydroxyl groups excluding tert-OH is 1. The van der Waals surface area contributed by atoms with Crippen LogP contribution in [-0.2, 0) is 16.0 Å². The summed E-state index contributed by atoms with van der Waals surface area (Å²) in [4.78, 5) is 23.6. The summed E-state index contributed by atoms with van der Waals surface area (Å²) in [5, 5.41) is 18.5. The Morgan fingerprint density at radius 2 is 1.86 bits per heavy atom. The topological polar surface area (TPSA) is 77.8 Å². The van der Waals surface area contributed by atoms with E-state index in [0.717, 1.165) is 45.2 Å². The Balaban J connectivity index is 0.000000406. The number of unbranched alkanes of at least 4 members (excludes halogenated alkanes) is 1. The van der Waals surface area contributed by atoms with Crippen molar-refractivity contribution in [3.05, 3.63) is 48.6 Å². The van der Waals surface area contributed by atoms with Crippen molar-refractivity contribution in [3.63, 3.8) is 0 Å². The van der Waals surface area contributed by atoms with Crippen molar-refractivity contribution in [3.8, 4) is 0 Å². The number of carboxylic acids is 1. The largest absolute Gasteiger partial charge is 0.481 e. The van der Waals surface area contributed by atoms with Gasteiger partial charge in [-0.2, -0.15) is 0 Å². The second kappa shape index (κ2) is 13.9. The van der Waals surface area contributed by atoms with E-state index in [1.165, 1.54) is 11.6 Å². The molecule has 1 aliphatic heterocycles. The quantitative estimate of drug-likeness (QED) is 0.493. The van der Waals surface area contributed by atoms with Crippen LogP contribution in [0.2, 0.25) is 0 Å². The zero-order chi connectivity index (χ0) is 20.8. The van der Waals surface area contributed by atoms with Gasteiger partial charge >= 0.3 is 5.97 Å². The van der Waals surface area contributed by atoms with Gasteiger partial charge in [0.2, 0.25) is 5.91 Å². The van der Waals surface area contributed by atoms with Crippen LogP contribution >= 0.6 is 0 Å². The Morgan fingerprint density at radius 1 is 1.21 bits per heavy atom. The van der Waals surface area contributed by atoms with Crippen molar-refractivity contribution in [2.24, 2.45) is 5.92 Å². The fraction of sp³-hybridized carbons (Fsp3) is 0.565. The zero-order valence-electron chi connectivity index (χ0n) is 17.1. The summed E-state index contributed by atoms with van der Waals surface area (Å²) < 4.78 is 0. The van der Waals surface area contributed by atoms with Crippen molar-refractivity contribution < 1.29 is 19.8 Å². The van der Waals surface area contributed by atoms with Crippen LogP contribution in [0.4, 0.5) is 0 Å². The second-order valence-electron chi connectivity index (χ2n) is 7.34. The Morgan fingerprint density at radius 3 is 2.36 bits per heavy atom. The standard InChI is InChI=1S/C15H25NO4.C8H10/c1-2-14(18)16-9-7-12(8-10-16)11-13(17)5-3-4-6-15(19)20;1-2-8-6-4-3-5-7-8/h2,12-13,17H,1,3-11H2,(H,19,20);3-7H,2H2,1H3. The van der Waals surface area contributed by atoms with Crippen molar-refractivity contribution in [2.45, 2.75) is 64.4 Å². The number of hydrogen-bond acceptors (Lipinski definition) is 3. The highest BCUT2D eigenvalue weighted by atomic mass is 16.4. The molecule has 5 nitrogen and oxygen atoms in total. The fourth-order valence-corrected chi connectivity index (χ4v) is 3.39. The van der Waals surface area contributed by atoms with Crippen LogP contribution in [0.1, 0.15) is 57.4 Å². The average molecular weight is 390 g/mol. The van der Waals surface area contributed by atoms with E-state index in [2.05, 4.69) is 37.8 Å². The van der Waals surface area contributed by atoms with Crippen LogP contribution in [0.25, 0.3) is 0 Å². The molecule has 1 saturated heterocycles. The number of carbonyl (C=O) groups excluding carboxylic acids is 1. The average Bonchev–Trinajstić information content (AvgIpc) is 2.72. The molecule has 0 radical (unpaired) electrons. The van der Waals surface area contributed by atoms with E-state index in [1.54, 1.807) is 4.90 Å². The molecule has 2 N–H and O–H groups in total. The third kappa shape index (κ3) is 10.3. The van der Waals surface area contributed by atoms with Gasteiger partial charge in [0.1, 0.15) is 0 Å². The predicted molar refractivity (Wildman–Crippen MR) is 112 cm³/mol. The van der Waals surface area contributed by atoms with Crippen molar-refractivity contribution >= 4 is 11.9 Å². The summed E-state index contributed by atoms with van der Waals surface area (Å²) in [6.07, 6.45) is 6.95. The van der Waals surface area contributed by atoms with E-state index in [9.17, 15) is 14.7 Å². The number of amides is 1. The van der Waals surface area contributed by atoms with E-state index in [-0.39, 0.29) is 18.4 Å². The van der Waals surface area contributed by atoms with Crippen LogP contribution in [0, 0.1) is 5.92 Å². The highest BCUT2D eigenvalue weighted by molar-refractivity contribution is 5.87. The van der Waals surface area contributed by atoms with Gasteiger partial charge in [-0.05, 0) is 56.1 Å². The summed E-state index contributed by atoms with van der Waals surface area (Å²) in [5.74, 6) is -0.338. The minimum absolute atomic E-state index is 0.0160. The number of aliphatic carboxylic acids is 1. The second-order valence-corrected chi connectivity index (χ2v) is 7.34. The molecular weight excluding hydrogens is 354 g/mol. The minimum atomic E-state index is -0.779. The lowest BCUT2D eigenvalue weighted by Gasteiger charge is -2.32. The molecule has 1 heterocycles. The van der Waals surface area contributed by atoms with Gasteiger partial charge in [-0.15, -0.1) is 0 Å². The van der Waals surface area contributed by atoms with Gasteiger partial charge in [0.25, 0.3) is 0 Å². The van der Waals surface area contributed by atoms with E-state index in [4.69, 9.17) is 5.11 Å². The van der Waals surface area contributed by atoms with Crippen LogP contribution < -0.4 is 0 Å². The lowest BCUT2D eigenvalue weighted by Crippen LogP contribution is -2.38. The van der Waals surface area contributed by atoms with Crippen molar-refractivity contribution in [1.82, 2.24) is 4.90 Å². The molecule has 2 rings (SSSR count). The molecular formula is C23H35NO4. The number of rotatable bonds is 9. The maximum absolute atomic E-state index is 11.4. The molecule has 1 aliphatic rings. The third-order valence-corrected chi connectivity index (χ3v) is 5.14. The number of aliphatic hydroxyl groups is 1. The van der Waals surface area contributed by atoms with Gasteiger partial charge in [0.05, 0.1) is 6.10 Å². The van der Waals surface area contributed by atoms with Gasteiger partial charge in [-0.1, -0.05) is 50.3 Å². The van der Waals surface area contributed by atoms with Crippen molar-refractivity contribution in [1.29, 1.82) is 0 Å². The summed E-state index contributed by atoms with van der Waals surface area (Å²) in [6, 6.07) is 10.5. The lowest BCUT2D eigenvalue weighted by molar-refractivity contribution is -0.137. The Kier molecular flexibility index (Phi) is 11.9. The predicted octanol–water partition coefficient (Wildman–Crippen LogP) is 4.06. The lowest BCUT2D eigenvalue weighted by atomic mass is 9.89. The molecule has 28 heavy (non-hydrogen) atoms. The summed E-state index contributed by atoms with van der Waals surface area (Å²) in [5.41, 5.74) is 1.41. The smallest absolute Gasteiger partial charge is 0.303 e. The first-order valence-electron chi connectivity index (χ1n) is 10.3. The summed E-state index contributed by atoms with van der Waals surface area (Å²) in [6.45, 7) is 7.12. The number of carbonyl (C=O) groups is 2. The molecule has 1 amide bonds. The Labute approximate surface area is 169 Å². The Bertz CT molecular complexity index is 580. The number of likely N-dealkylation sites (tertiary alicyclic amines) is 1. The number of nitrogens with zero attached hydrogens (tertiary/aromatic N) is 1. The van der Waals surface area contributed by atoms with Gasteiger partial charge in [0.15, 0.2) is 0 Å². The molecule has 0 spiro atoms. The molecule has 1 fully saturated rings. The molecule has 1 aromatic carbocycles. The molecule has 1 unspecified atom stereocenters. The van der Waals surface area contributed by atoms with E-state index in [0.29, 0.717) is 18.8 Å². The molecule has 0 aliphatic carbocycles. The van der Waals surface area contributed by atoms with Gasteiger partial charge in [-0.25, -0.2) is 0 Å². The zero-order valence-corrected chi connectivity index (χ0v) is 17.1. The van der Waals surface area contributed by atoms with E-state index >= 15 is 0 Å². The van der Waals surface area contributed by atoms with Crippen LogP contribution in [0.5, 0.6) is 0 Å². The van der Waals surface area contributed by atoms with E-state index < -0.39 is 5.97 Å². The van der Waals surface area contributed by atoms with Gasteiger partial charge < -0.3 is 15.1 Å². The van der Waals surface area contributed by atoms with Crippen LogP contribution in [-0.4, -0.2) is 46.2 Å². The summed E-state index contributed by atoms with van der Waals surface area (Å²) >= 11 is 0. The molecule has 5 heteroatoms. The first kappa shape index (κ1) is 23.9. The fourth-order valence-electron chi connectivity index (χ4n) is 3.39. The summed E-state index contributed by atoms with van der Waals surface area (Å²) in [7, 11) is 0. The normalized spacial score (nSPS) is 15.3. The number of aryl methyl sites for hydroxylation is 1. The molecule has 0 aromatic heterocycles. The third-order valence-electron chi connectivity index (χ3n) is 5.14. The number of piperidine rings is 1. The van der Waals surface area contributed by atoms with Gasteiger partial charge in [0, 0.05) is 19.5 Å². The number of carboxylic acid groups (broad SMARTS) is 1. The maximum Gasteiger partial charge on any atom is 0.303 e.